The van der Waals surface area contributed by atoms with Crippen LogP contribution in [0.1, 0.15) is 11.7 Å². The van der Waals surface area contributed by atoms with Crippen molar-refractivity contribution in [2.75, 3.05) is 19.0 Å². The number of hydrogen-bond donors (Lipinski definition) is 3. The second kappa shape index (κ2) is 4.96. The summed E-state index contributed by atoms with van der Waals surface area (Å²) in [5.74, 6) is -1.22. The number of aliphatic hydroxyl groups excluding tert-OH is 1. The average Bonchev–Trinajstić information content (AvgIpc) is 2.27. The SMILES string of the molecule is CN(C)c1cccc(C(O)C(N)C(=O)O)c1. The summed E-state index contributed by atoms with van der Waals surface area (Å²) < 4.78 is 0. The fraction of sp³-hybridized carbons (Fsp3) is 0.364. The van der Waals surface area contributed by atoms with Crippen molar-refractivity contribution in [2.24, 2.45) is 5.73 Å². The van der Waals surface area contributed by atoms with Crippen molar-refractivity contribution in [3.05, 3.63) is 29.8 Å². The Hall–Kier alpha value is -1.59. The first-order valence-corrected chi connectivity index (χ1v) is 4.87. The summed E-state index contributed by atoms with van der Waals surface area (Å²) in [5, 5.41) is 18.4. The first-order chi connectivity index (χ1) is 7.43. The molecule has 5 heteroatoms. The predicted octanol–water partition coefficient (Wildman–Crippen LogP) is 0.198. The monoisotopic (exact) mass is 224 g/mol. The van der Waals surface area contributed by atoms with E-state index in [1.165, 1.54) is 0 Å². The molecule has 0 aliphatic carbocycles. The third-order valence-corrected chi connectivity index (χ3v) is 2.35. The molecule has 0 fully saturated rings. The molecule has 4 N–H and O–H groups in total. The topological polar surface area (TPSA) is 86.8 Å². The summed E-state index contributed by atoms with van der Waals surface area (Å²) in [6.45, 7) is 0. The van der Waals surface area contributed by atoms with Gasteiger partial charge in [0.15, 0.2) is 0 Å². The van der Waals surface area contributed by atoms with E-state index in [0.29, 0.717) is 5.56 Å². The molecule has 1 aromatic rings. The molecular weight excluding hydrogens is 208 g/mol. The van der Waals surface area contributed by atoms with E-state index in [2.05, 4.69) is 0 Å². The zero-order chi connectivity index (χ0) is 12.3. The van der Waals surface area contributed by atoms with Gasteiger partial charge in [-0.25, -0.2) is 0 Å². The summed E-state index contributed by atoms with van der Waals surface area (Å²) in [7, 11) is 3.73. The Kier molecular flexibility index (Phi) is 3.87. The third kappa shape index (κ3) is 2.71. The Labute approximate surface area is 94.1 Å². The van der Waals surface area contributed by atoms with Gasteiger partial charge in [-0.05, 0) is 17.7 Å². The van der Waals surface area contributed by atoms with Gasteiger partial charge in [0.05, 0.1) is 0 Å². The van der Waals surface area contributed by atoms with Crippen molar-refractivity contribution in [3.63, 3.8) is 0 Å². The quantitative estimate of drug-likeness (QED) is 0.680. The first-order valence-electron chi connectivity index (χ1n) is 4.87. The van der Waals surface area contributed by atoms with Crippen molar-refractivity contribution in [3.8, 4) is 0 Å². The van der Waals surface area contributed by atoms with Crippen molar-refractivity contribution in [1.82, 2.24) is 0 Å². The summed E-state index contributed by atoms with van der Waals surface area (Å²) in [5.41, 5.74) is 6.74. The number of aliphatic hydroxyl groups is 1. The average molecular weight is 224 g/mol. The van der Waals surface area contributed by atoms with Crippen LogP contribution in [0.4, 0.5) is 5.69 Å². The lowest BCUT2D eigenvalue weighted by atomic mass is 10.0. The van der Waals surface area contributed by atoms with Gasteiger partial charge in [0.1, 0.15) is 12.1 Å². The van der Waals surface area contributed by atoms with Crippen LogP contribution in [0.15, 0.2) is 24.3 Å². The van der Waals surface area contributed by atoms with Gasteiger partial charge in [0, 0.05) is 19.8 Å². The van der Waals surface area contributed by atoms with Gasteiger partial charge >= 0.3 is 5.97 Å². The highest BCUT2D eigenvalue weighted by molar-refractivity contribution is 5.74. The van der Waals surface area contributed by atoms with Crippen molar-refractivity contribution in [2.45, 2.75) is 12.1 Å². The van der Waals surface area contributed by atoms with Crippen LogP contribution in [-0.2, 0) is 4.79 Å². The maximum atomic E-state index is 10.6. The maximum absolute atomic E-state index is 10.6. The molecule has 0 amide bonds. The highest BCUT2D eigenvalue weighted by Gasteiger charge is 2.23. The molecule has 0 aliphatic rings. The Morgan fingerprint density at radius 2 is 2.06 bits per heavy atom. The summed E-state index contributed by atoms with van der Waals surface area (Å²) in [6, 6.07) is 5.68. The minimum atomic E-state index is -1.31. The van der Waals surface area contributed by atoms with E-state index in [1.807, 2.05) is 25.1 Å². The Morgan fingerprint density at radius 1 is 1.44 bits per heavy atom. The summed E-state index contributed by atoms with van der Waals surface area (Å²) >= 11 is 0. The normalized spacial score (nSPS) is 14.2. The molecule has 0 aliphatic heterocycles. The smallest absolute Gasteiger partial charge is 0.323 e. The Balaban J connectivity index is 2.95. The minimum absolute atomic E-state index is 0.501. The van der Waals surface area contributed by atoms with Crippen molar-refractivity contribution >= 4 is 11.7 Å². The minimum Gasteiger partial charge on any atom is -0.480 e. The highest BCUT2D eigenvalue weighted by atomic mass is 16.4. The lowest BCUT2D eigenvalue weighted by Gasteiger charge is -2.18. The van der Waals surface area contributed by atoms with E-state index in [0.717, 1.165) is 5.69 Å². The number of anilines is 1. The van der Waals surface area contributed by atoms with Crippen molar-refractivity contribution < 1.29 is 15.0 Å². The van der Waals surface area contributed by atoms with Crippen LogP contribution in [0.3, 0.4) is 0 Å². The van der Waals surface area contributed by atoms with E-state index in [-0.39, 0.29) is 0 Å². The number of aliphatic carboxylic acids is 1. The molecule has 1 rings (SSSR count). The number of carboxylic acids is 1. The van der Waals surface area contributed by atoms with E-state index < -0.39 is 18.1 Å². The van der Waals surface area contributed by atoms with Gasteiger partial charge in [0.25, 0.3) is 0 Å². The van der Waals surface area contributed by atoms with Gasteiger partial charge < -0.3 is 20.8 Å². The second-order valence-corrected chi connectivity index (χ2v) is 3.80. The number of hydrogen-bond acceptors (Lipinski definition) is 4. The van der Waals surface area contributed by atoms with Crippen LogP contribution in [0.25, 0.3) is 0 Å². The molecule has 2 atom stereocenters. The second-order valence-electron chi connectivity index (χ2n) is 3.80. The lowest BCUT2D eigenvalue weighted by molar-refractivity contribution is -0.141. The zero-order valence-corrected chi connectivity index (χ0v) is 9.29. The van der Waals surface area contributed by atoms with Crippen LogP contribution in [0, 0.1) is 0 Å². The highest BCUT2D eigenvalue weighted by Crippen LogP contribution is 2.21. The van der Waals surface area contributed by atoms with Crippen LogP contribution < -0.4 is 10.6 Å². The Bertz CT molecular complexity index is 379. The zero-order valence-electron chi connectivity index (χ0n) is 9.29. The molecule has 88 valence electrons. The molecule has 0 spiro atoms. The van der Waals surface area contributed by atoms with Crippen LogP contribution in [0.2, 0.25) is 0 Å². The number of rotatable bonds is 4. The van der Waals surface area contributed by atoms with E-state index in [9.17, 15) is 9.90 Å². The van der Waals surface area contributed by atoms with Gasteiger partial charge in [-0.15, -0.1) is 0 Å². The van der Waals surface area contributed by atoms with E-state index >= 15 is 0 Å². The maximum Gasteiger partial charge on any atom is 0.323 e. The number of carbonyl (C=O) groups is 1. The van der Waals surface area contributed by atoms with Gasteiger partial charge in [0.2, 0.25) is 0 Å². The number of carboxylic acid groups (broad SMARTS) is 1. The van der Waals surface area contributed by atoms with Crippen molar-refractivity contribution in [1.29, 1.82) is 0 Å². The Morgan fingerprint density at radius 3 is 2.56 bits per heavy atom. The standard InChI is InChI=1S/C11H16N2O3/c1-13(2)8-5-3-4-7(6-8)10(14)9(12)11(15)16/h3-6,9-10,14H,12H2,1-2H3,(H,15,16). The number of nitrogens with two attached hydrogens (primary N) is 1. The van der Waals surface area contributed by atoms with Crippen LogP contribution in [-0.4, -0.2) is 36.3 Å². The molecule has 1 aromatic carbocycles. The first kappa shape index (κ1) is 12.5. The van der Waals surface area contributed by atoms with Crippen LogP contribution in [0.5, 0.6) is 0 Å². The van der Waals surface area contributed by atoms with E-state index in [4.69, 9.17) is 10.8 Å². The van der Waals surface area contributed by atoms with Gasteiger partial charge in [-0.2, -0.15) is 0 Å². The molecular formula is C11H16N2O3. The molecule has 0 saturated heterocycles. The number of benzene rings is 1. The predicted molar refractivity (Wildman–Crippen MR) is 61.3 cm³/mol. The molecule has 0 saturated carbocycles. The largest absolute Gasteiger partial charge is 0.480 e. The molecule has 2 unspecified atom stereocenters. The molecule has 0 aromatic heterocycles. The van der Waals surface area contributed by atoms with Crippen LogP contribution >= 0.6 is 0 Å². The van der Waals surface area contributed by atoms with Gasteiger partial charge in [-0.1, -0.05) is 12.1 Å². The lowest BCUT2D eigenvalue weighted by Crippen LogP contribution is -2.36. The molecule has 5 nitrogen and oxygen atoms in total. The third-order valence-electron chi connectivity index (χ3n) is 2.35. The molecule has 16 heavy (non-hydrogen) atoms. The molecule has 0 heterocycles. The molecule has 0 bridgehead atoms. The van der Waals surface area contributed by atoms with Gasteiger partial charge in [-0.3, -0.25) is 4.79 Å². The fourth-order valence-electron chi connectivity index (χ4n) is 1.33. The fourth-order valence-corrected chi connectivity index (χ4v) is 1.33. The molecule has 0 radical (unpaired) electrons. The van der Waals surface area contributed by atoms with E-state index in [1.54, 1.807) is 18.2 Å². The number of nitrogens with zero attached hydrogens (tertiary/aromatic N) is 1. The summed E-state index contributed by atoms with van der Waals surface area (Å²) in [4.78, 5) is 12.5. The summed E-state index contributed by atoms with van der Waals surface area (Å²) in [6.07, 6.45) is -1.20.